The predicted octanol–water partition coefficient (Wildman–Crippen LogP) is 4.08. The number of nitrogens with zero attached hydrogens (tertiary/aromatic N) is 1. The summed E-state index contributed by atoms with van der Waals surface area (Å²) >= 11 is 0. The monoisotopic (exact) mass is 562 g/mol. The lowest BCUT2D eigenvalue weighted by Gasteiger charge is -2.31. The van der Waals surface area contributed by atoms with Crippen LogP contribution in [0.4, 0.5) is 4.79 Å². The number of amides is 1. The summed E-state index contributed by atoms with van der Waals surface area (Å²) < 4.78 is 16.4. The predicted molar refractivity (Wildman–Crippen MR) is 138 cm³/mol. The molecule has 1 aliphatic carbocycles. The molecule has 32 heavy (non-hydrogen) atoms. The molecule has 0 spiro atoms. The van der Waals surface area contributed by atoms with E-state index in [1.165, 1.54) is 0 Å². The van der Waals surface area contributed by atoms with E-state index in [2.05, 4.69) is 20.9 Å². The number of aliphatic imine (C=N–C) groups is 1. The molecule has 9 heteroatoms. The highest BCUT2D eigenvalue weighted by molar-refractivity contribution is 14.0. The van der Waals surface area contributed by atoms with E-state index in [9.17, 15) is 4.79 Å². The summed E-state index contributed by atoms with van der Waals surface area (Å²) in [4.78, 5) is 16.3. The van der Waals surface area contributed by atoms with Crippen molar-refractivity contribution in [2.45, 2.75) is 77.2 Å². The van der Waals surface area contributed by atoms with Gasteiger partial charge in [-0.2, -0.15) is 0 Å². The molecule has 1 atom stereocenters. The van der Waals surface area contributed by atoms with Gasteiger partial charge in [-0.15, -0.1) is 24.0 Å². The Morgan fingerprint density at radius 1 is 1.06 bits per heavy atom. The van der Waals surface area contributed by atoms with Gasteiger partial charge in [-0.05, 0) is 77.6 Å². The van der Waals surface area contributed by atoms with Crippen molar-refractivity contribution in [3.8, 4) is 11.5 Å². The third-order valence-electron chi connectivity index (χ3n) is 4.97. The first kappa shape index (κ1) is 28.1. The van der Waals surface area contributed by atoms with Crippen LogP contribution >= 0.6 is 24.0 Å². The zero-order valence-electron chi connectivity index (χ0n) is 20.1. The van der Waals surface area contributed by atoms with Gasteiger partial charge in [-0.1, -0.05) is 0 Å². The SMILES string of the molecule is CN=C(NCC(C)Oc1ccc(OC)cc1)NC1CCC(NC(=O)OC(C)(C)C)CC1.I. The molecule has 0 aromatic heterocycles. The minimum Gasteiger partial charge on any atom is -0.497 e. The number of ether oxygens (including phenoxy) is 3. The fourth-order valence-corrected chi connectivity index (χ4v) is 3.41. The third kappa shape index (κ3) is 10.6. The smallest absolute Gasteiger partial charge is 0.407 e. The largest absolute Gasteiger partial charge is 0.497 e. The number of rotatable bonds is 7. The third-order valence-corrected chi connectivity index (χ3v) is 4.97. The van der Waals surface area contributed by atoms with Crippen molar-refractivity contribution in [1.29, 1.82) is 0 Å². The van der Waals surface area contributed by atoms with Gasteiger partial charge >= 0.3 is 6.09 Å². The summed E-state index contributed by atoms with van der Waals surface area (Å²) in [6.45, 7) is 8.25. The highest BCUT2D eigenvalue weighted by atomic mass is 127. The molecule has 1 fully saturated rings. The maximum absolute atomic E-state index is 11.9. The quantitative estimate of drug-likeness (QED) is 0.264. The Bertz CT molecular complexity index is 714. The van der Waals surface area contributed by atoms with Gasteiger partial charge in [0, 0.05) is 19.1 Å². The summed E-state index contributed by atoms with van der Waals surface area (Å²) in [6, 6.07) is 8.02. The molecule has 2 rings (SSSR count). The van der Waals surface area contributed by atoms with Crippen LogP contribution in [0.1, 0.15) is 53.4 Å². The molecule has 1 unspecified atom stereocenters. The molecule has 1 aliphatic rings. The lowest BCUT2D eigenvalue weighted by Crippen LogP contribution is -2.49. The topological polar surface area (TPSA) is 93.2 Å². The molecule has 182 valence electrons. The van der Waals surface area contributed by atoms with Crippen LogP contribution in [0.25, 0.3) is 0 Å². The summed E-state index contributed by atoms with van der Waals surface area (Å²) in [5.41, 5.74) is -0.477. The number of carbonyl (C=O) groups excluding carboxylic acids is 1. The number of methoxy groups -OCH3 is 1. The highest BCUT2D eigenvalue weighted by Gasteiger charge is 2.25. The van der Waals surface area contributed by atoms with E-state index in [4.69, 9.17) is 14.2 Å². The molecule has 0 aliphatic heterocycles. The number of alkyl carbamates (subject to hydrolysis) is 1. The first-order valence-electron chi connectivity index (χ1n) is 11.0. The van der Waals surface area contributed by atoms with Gasteiger partial charge in [-0.3, -0.25) is 4.99 Å². The molecule has 1 aromatic rings. The fourth-order valence-electron chi connectivity index (χ4n) is 3.41. The fraction of sp³-hybridized carbons (Fsp3) is 0.652. The van der Waals surface area contributed by atoms with E-state index in [0.717, 1.165) is 43.1 Å². The van der Waals surface area contributed by atoms with Crippen molar-refractivity contribution in [2.75, 3.05) is 20.7 Å². The molecule has 0 saturated heterocycles. The normalized spacial score (nSPS) is 19.8. The second-order valence-corrected chi connectivity index (χ2v) is 8.90. The van der Waals surface area contributed by atoms with Gasteiger partial charge in [0.15, 0.2) is 5.96 Å². The molecule has 1 amide bonds. The Labute approximate surface area is 209 Å². The zero-order chi connectivity index (χ0) is 22.9. The molecule has 3 N–H and O–H groups in total. The van der Waals surface area contributed by atoms with Gasteiger partial charge in [0.1, 0.15) is 23.2 Å². The Kier molecular flexibility index (Phi) is 11.9. The maximum atomic E-state index is 11.9. The number of nitrogens with one attached hydrogen (secondary N) is 3. The Hall–Kier alpha value is -1.91. The number of benzene rings is 1. The van der Waals surface area contributed by atoms with E-state index in [0.29, 0.717) is 12.6 Å². The molecular weight excluding hydrogens is 523 g/mol. The van der Waals surface area contributed by atoms with Gasteiger partial charge in [0.2, 0.25) is 0 Å². The molecule has 0 heterocycles. The summed E-state index contributed by atoms with van der Waals surface area (Å²) in [5.74, 6) is 2.36. The Morgan fingerprint density at radius 2 is 1.59 bits per heavy atom. The summed E-state index contributed by atoms with van der Waals surface area (Å²) in [7, 11) is 3.41. The molecule has 1 saturated carbocycles. The van der Waals surface area contributed by atoms with Crippen LogP contribution in [0, 0.1) is 0 Å². The van der Waals surface area contributed by atoms with Crippen molar-refractivity contribution in [3.63, 3.8) is 0 Å². The van der Waals surface area contributed by atoms with Crippen molar-refractivity contribution in [3.05, 3.63) is 24.3 Å². The standard InChI is InChI=1S/C23H38N4O4.HI/c1-16(30-20-13-11-19(29-6)12-14-20)15-25-21(24-5)26-17-7-9-18(10-8-17)27-22(28)31-23(2,3)4;/h11-14,16-18H,7-10,15H2,1-6H3,(H,27,28)(H2,24,25,26);1H. The summed E-state index contributed by atoms with van der Waals surface area (Å²) in [5, 5.41) is 9.78. The van der Waals surface area contributed by atoms with Crippen molar-refractivity contribution in [2.24, 2.45) is 4.99 Å². The number of carbonyl (C=O) groups is 1. The van der Waals surface area contributed by atoms with E-state index >= 15 is 0 Å². The molecule has 0 bridgehead atoms. The van der Waals surface area contributed by atoms with Crippen LogP contribution < -0.4 is 25.4 Å². The van der Waals surface area contributed by atoms with Crippen LogP contribution in [0.5, 0.6) is 11.5 Å². The van der Waals surface area contributed by atoms with E-state index in [1.54, 1.807) is 14.2 Å². The van der Waals surface area contributed by atoms with E-state index in [1.807, 2.05) is 52.0 Å². The van der Waals surface area contributed by atoms with Crippen LogP contribution in [-0.4, -0.2) is 56.5 Å². The van der Waals surface area contributed by atoms with E-state index < -0.39 is 5.60 Å². The molecular formula is C23H39IN4O4. The van der Waals surface area contributed by atoms with Crippen molar-refractivity contribution >= 4 is 36.0 Å². The van der Waals surface area contributed by atoms with Gasteiger partial charge < -0.3 is 30.2 Å². The number of hydrogen-bond donors (Lipinski definition) is 3. The van der Waals surface area contributed by atoms with Crippen LogP contribution in [0.15, 0.2) is 29.3 Å². The van der Waals surface area contributed by atoms with Crippen LogP contribution in [-0.2, 0) is 4.74 Å². The Balaban J connectivity index is 0.00000512. The average Bonchev–Trinajstić information content (AvgIpc) is 2.71. The van der Waals surface area contributed by atoms with Gasteiger partial charge in [-0.25, -0.2) is 4.79 Å². The van der Waals surface area contributed by atoms with Crippen LogP contribution in [0.2, 0.25) is 0 Å². The molecule has 0 radical (unpaired) electrons. The second kappa shape index (κ2) is 13.6. The maximum Gasteiger partial charge on any atom is 0.407 e. The lowest BCUT2D eigenvalue weighted by molar-refractivity contribution is 0.0490. The minimum absolute atomic E-state index is 0. The average molecular weight is 562 g/mol. The van der Waals surface area contributed by atoms with E-state index in [-0.39, 0.29) is 42.2 Å². The first-order valence-corrected chi connectivity index (χ1v) is 11.0. The second-order valence-electron chi connectivity index (χ2n) is 8.90. The minimum atomic E-state index is -0.477. The highest BCUT2D eigenvalue weighted by Crippen LogP contribution is 2.20. The Morgan fingerprint density at radius 3 is 2.09 bits per heavy atom. The lowest BCUT2D eigenvalue weighted by atomic mass is 9.91. The van der Waals surface area contributed by atoms with Crippen molar-refractivity contribution in [1.82, 2.24) is 16.0 Å². The number of hydrogen-bond acceptors (Lipinski definition) is 5. The van der Waals surface area contributed by atoms with Gasteiger partial charge in [0.05, 0.1) is 13.7 Å². The van der Waals surface area contributed by atoms with Gasteiger partial charge in [0.25, 0.3) is 0 Å². The number of guanidine groups is 1. The van der Waals surface area contributed by atoms with Crippen molar-refractivity contribution < 1.29 is 19.0 Å². The summed E-state index contributed by atoms with van der Waals surface area (Å²) in [6.07, 6.45) is 3.36. The first-order chi connectivity index (χ1) is 14.7. The van der Waals surface area contributed by atoms with Crippen LogP contribution in [0.3, 0.4) is 0 Å². The molecule has 1 aromatic carbocycles. The number of halogens is 1. The zero-order valence-corrected chi connectivity index (χ0v) is 22.4. The molecule has 8 nitrogen and oxygen atoms in total.